The minimum absolute atomic E-state index is 0.0722. The zero-order valence-electron chi connectivity index (χ0n) is 9.43. The second-order valence-electron chi connectivity index (χ2n) is 3.73. The van der Waals surface area contributed by atoms with Crippen molar-refractivity contribution in [3.63, 3.8) is 0 Å². The van der Waals surface area contributed by atoms with Gasteiger partial charge in [-0.1, -0.05) is 0 Å². The number of hydrogen-bond acceptors (Lipinski definition) is 5. The van der Waals surface area contributed by atoms with Crippen LogP contribution in [0.15, 0.2) is 12.1 Å². The third kappa shape index (κ3) is 2.26. The van der Waals surface area contributed by atoms with Gasteiger partial charge in [0.2, 0.25) is 18.4 Å². The van der Waals surface area contributed by atoms with Gasteiger partial charge in [0.1, 0.15) is 0 Å². The molecule has 0 radical (unpaired) electrons. The molecule has 0 bridgehead atoms. The van der Waals surface area contributed by atoms with E-state index in [4.69, 9.17) is 25.7 Å². The molecule has 92 valence electrons. The predicted octanol–water partition coefficient (Wildman–Crippen LogP) is 0.299. The maximum Gasteiger partial charge on any atom is 0.231 e. The maximum atomic E-state index is 10.8. The lowest BCUT2D eigenvalue weighted by atomic mass is 10.0. The summed E-state index contributed by atoms with van der Waals surface area (Å²) in [5.74, 6) is 1.21. The molecule has 1 amide bonds. The zero-order valence-corrected chi connectivity index (χ0v) is 9.43. The molecule has 17 heavy (non-hydrogen) atoms. The van der Waals surface area contributed by atoms with Crippen LogP contribution in [0.2, 0.25) is 0 Å². The Hall–Kier alpha value is -1.95. The third-order valence-corrected chi connectivity index (χ3v) is 2.53. The number of rotatable bonds is 4. The van der Waals surface area contributed by atoms with E-state index in [0.717, 1.165) is 5.56 Å². The highest BCUT2D eigenvalue weighted by molar-refractivity contribution is 5.74. The third-order valence-electron chi connectivity index (χ3n) is 2.53. The fourth-order valence-electron chi connectivity index (χ4n) is 1.70. The van der Waals surface area contributed by atoms with Crippen molar-refractivity contribution < 1.29 is 19.0 Å². The number of hydrogen-bond donors (Lipinski definition) is 2. The lowest BCUT2D eigenvalue weighted by Crippen LogP contribution is -2.20. The topological polar surface area (TPSA) is 96.8 Å². The Morgan fingerprint density at radius 2 is 2.29 bits per heavy atom. The first-order chi connectivity index (χ1) is 8.11. The van der Waals surface area contributed by atoms with Crippen molar-refractivity contribution >= 4 is 5.91 Å². The molecule has 0 spiro atoms. The number of nitrogens with two attached hydrogens (primary N) is 2. The molecule has 0 aromatic heterocycles. The average molecular weight is 238 g/mol. The molecule has 0 saturated heterocycles. The highest BCUT2D eigenvalue weighted by Gasteiger charge is 2.22. The summed E-state index contributed by atoms with van der Waals surface area (Å²) in [4.78, 5) is 10.8. The van der Waals surface area contributed by atoms with E-state index in [1.165, 1.54) is 7.11 Å². The van der Waals surface area contributed by atoms with E-state index in [2.05, 4.69) is 0 Å². The van der Waals surface area contributed by atoms with Crippen LogP contribution in [0.1, 0.15) is 18.0 Å². The quantitative estimate of drug-likeness (QED) is 0.786. The van der Waals surface area contributed by atoms with E-state index < -0.39 is 11.9 Å². The lowest BCUT2D eigenvalue weighted by molar-refractivity contribution is -0.118. The fourth-order valence-corrected chi connectivity index (χ4v) is 1.70. The van der Waals surface area contributed by atoms with E-state index in [1.807, 2.05) is 0 Å². The molecule has 6 nitrogen and oxygen atoms in total. The van der Waals surface area contributed by atoms with Crippen LogP contribution in [0.5, 0.6) is 17.2 Å². The molecule has 4 N–H and O–H groups in total. The van der Waals surface area contributed by atoms with E-state index in [9.17, 15) is 4.79 Å². The molecule has 2 rings (SSSR count). The summed E-state index contributed by atoms with van der Waals surface area (Å²) in [7, 11) is 1.53. The molecule has 1 heterocycles. The Bertz CT molecular complexity index is 447. The van der Waals surface area contributed by atoms with Gasteiger partial charge < -0.3 is 25.7 Å². The Morgan fingerprint density at radius 3 is 2.94 bits per heavy atom. The van der Waals surface area contributed by atoms with Gasteiger partial charge in [0.25, 0.3) is 0 Å². The Labute approximate surface area is 98.4 Å². The van der Waals surface area contributed by atoms with Gasteiger partial charge in [-0.15, -0.1) is 0 Å². The van der Waals surface area contributed by atoms with Crippen molar-refractivity contribution in [2.24, 2.45) is 11.5 Å². The van der Waals surface area contributed by atoms with Gasteiger partial charge in [0.15, 0.2) is 11.5 Å². The van der Waals surface area contributed by atoms with Gasteiger partial charge >= 0.3 is 0 Å². The number of amides is 1. The SMILES string of the molecule is COc1cc(C(N)CC(N)=O)cc2c1OCO2. The van der Waals surface area contributed by atoms with Crippen LogP contribution in [0.4, 0.5) is 0 Å². The van der Waals surface area contributed by atoms with Gasteiger partial charge in [-0.2, -0.15) is 0 Å². The number of benzene rings is 1. The molecule has 6 heteroatoms. The van der Waals surface area contributed by atoms with E-state index in [0.29, 0.717) is 17.2 Å². The molecule has 1 aromatic carbocycles. The zero-order chi connectivity index (χ0) is 12.4. The van der Waals surface area contributed by atoms with E-state index in [-0.39, 0.29) is 13.2 Å². The van der Waals surface area contributed by atoms with Crippen LogP contribution >= 0.6 is 0 Å². The van der Waals surface area contributed by atoms with Crippen molar-refractivity contribution in [1.82, 2.24) is 0 Å². The summed E-state index contributed by atoms with van der Waals surface area (Å²) in [6.45, 7) is 0.153. The van der Waals surface area contributed by atoms with Crippen molar-refractivity contribution in [3.05, 3.63) is 17.7 Å². The first kappa shape index (κ1) is 11.5. The number of methoxy groups -OCH3 is 1. The number of primary amides is 1. The summed E-state index contributed by atoms with van der Waals surface area (Å²) in [5.41, 5.74) is 11.7. The van der Waals surface area contributed by atoms with Gasteiger partial charge in [0.05, 0.1) is 7.11 Å². The number of fused-ring (bicyclic) bond motifs is 1. The van der Waals surface area contributed by atoms with Crippen LogP contribution in [0.3, 0.4) is 0 Å². The first-order valence-electron chi connectivity index (χ1n) is 5.13. The van der Waals surface area contributed by atoms with Crippen molar-refractivity contribution in [2.75, 3.05) is 13.9 Å². The monoisotopic (exact) mass is 238 g/mol. The Balaban J connectivity index is 2.33. The molecule has 0 saturated carbocycles. The number of ether oxygens (including phenoxy) is 3. The van der Waals surface area contributed by atoms with Gasteiger partial charge in [-0.25, -0.2) is 0 Å². The summed E-state index contributed by atoms with van der Waals surface area (Å²) in [6.07, 6.45) is 0.0722. The molecular weight excluding hydrogens is 224 g/mol. The van der Waals surface area contributed by atoms with E-state index in [1.54, 1.807) is 12.1 Å². The second kappa shape index (κ2) is 4.50. The normalized spacial score (nSPS) is 14.5. The van der Waals surface area contributed by atoms with E-state index >= 15 is 0 Å². The molecule has 0 aliphatic carbocycles. The second-order valence-corrected chi connectivity index (χ2v) is 3.73. The van der Waals surface area contributed by atoms with Crippen LogP contribution in [0, 0.1) is 0 Å². The molecule has 0 fully saturated rings. The van der Waals surface area contributed by atoms with Crippen LogP contribution in [0.25, 0.3) is 0 Å². The number of carbonyl (C=O) groups excluding carboxylic acids is 1. The Kier molecular flexibility index (Phi) is 3.06. The van der Waals surface area contributed by atoms with Gasteiger partial charge in [-0.05, 0) is 17.7 Å². The van der Waals surface area contributed by atoms with Crippen molar-refractivity contribution in [2.45, 2.75) is 12.5 Å². The summed E-state index contributed by atoms with van der Waals surface area (Å²) >= 11 is 0. The highest BCUT2D eigenvalue weighted by Crippen LogP contribution is 2.42. The van der Waals surface area contributed by atoms with Gasteiger partial charge in [-0.3, -0.25) is 4.79 Å². The molecule has 1 atom stereocenters. The molecule has 1 aromatic rings. The Morgan fingerprint density at radius 1 is 1.53 bits per heavy atom. The largest absolute Gasteiger partial charge is 0.493 e. The number of carbonyl (C=O) groups is 1. The summed E-state index contributed by atoms with van der Waals surface area (Å²) in [6, 6.07) is 2.98. The molecular formula is C11H14N2O4. The van der Waals surface area contributed by atoms with Crippen LogP contribution in [-0.2, 0) is 4.79 Å². The van der Waals surface area contributed by atoms with Crippen LogP contribution in [-0.4, -0.2) is 19.8 Å². The van der Waals surface area contributed by atoms with Gasteiger partial charge in [0, 0.05) is 12.5 Å². The highest BCUT2D eigenvalue weighted by atomic mass is 16.7. The molecule has 1 aliphatic rings. The molecule has 1 aliphatic heterocycles. The predicted molar refractivity (Wildman–Crippen MR) is 59.9 cm³/mol. The fraction of sp³-hybridized carbons (Fsp3) is 0.364. The minimum atomic E-state index is -0.476. The smallest absolute Gasteiger partial charge is 0.231 e. The minimum Gasteiger partial charge on any atom is -0.493 e. The summed E-state index contributed by atoms with van der Waals surface area (Å²) < 4.78 is 15.7. The van der Waals surface area contributed by atoms with Crippen LogP contribution < -0.4 is 25.7 Å². The average Bonchev–Trinajstić information content (AvgIpc) is 2.74. The first-order valence-corrected chi connectivity index (χ1v) is 5.13. The van der Waals surface area contributed by atoms with Crippen molar-refractivity contribution in [3.8, 4) is 17.2 Å². The lowest BCUT2D eigenvalue weighted by Gasteiger charge is -2.13. The maximum absolute atomic E-state index is 10.8. The molecule has 1 unspecified atom stereocenters. The standard InChI is InChI=1S/C11H14N2O4/c1-15-8-2-6(7(12)4-10(13)14)3-9-11(8)17-5-16-9/h2-3,7H,4-5,12H2,1H3,(H2,13,14). The summed E-state index contributed by atoms with van der Waals surface area (Å²) in [5, 5.41) is 0. The van der Waals surface area contributed by atoms with Crippen molar-refractivity contribution in [1.29, 1.82) is 0 Å².